The number of ether oxygens (including phenoxy) is 1. The molecule has 0 aliphatic rings. The number of methoxy groups -OCH3 is 1. The highest BCUT2D eigenvalue weighted by Crippen LogP contribution is 2.18. The lowest BCUT2D eigenvalue weighted by Gasteiger charge is -2.08. The predicted octanol–water partition coefficient (Wildman–Crippen LogP) is 7.76. The number of rotatable bonds is 17. The van der Waals surface area contributed by atoms with E-state index in [0.29, 0.717) is 0 Å². The molecule has 0 aromatic rings. The van der Waals surface area contributed by atoms with Crippen molar-refractivity contribution in [2.45, 2.75) is 124 Å². The molecule has 0 aliphatic heterocycles. The lowest BCUT2D eigenvalue weighted by Crippen LogP contribution is -2.06. The van der Waals surface area contributed by atoms with Crippen LogP contribution in [0.5, 0.6) is 0 Å². The highest BCUT2D eigenvalue weighted by atomic mass is 16.5. The van der Waals surface area contributed by atoms with Crippen molar-refractivity contribution >= 4 is 5.97 Å². The molecule has 0 spiro atoms. The highest BCUT2D eigenvalue weighted by Gasteiger charge is 2.10. The fourth-order valence-corrected chi connectivity index (χ4v) is 3.48. The molecule has 148 valence electrons. The van der Waals surface area contributed by atoms with E-state index in [0.717, 1.165) is 18.4 Å². The molecule has 0 bridgehead atoms. The molecule has 2 nitrogen and oxygen atoms in total. The van der Waals surface area contributed by atoms with Crippen LogP contribution in [0.4, 0.5) is 0 Å². The summed E-state index contributed by atoms with van der Waals surface area (Å²) in [6, 6.07) is 0. The summed E-state index contributed by atoms with van der Waals surface area (Å²) in [6.45, 7) is 6.39. The van der Waals surface area contributed by atoms with Crippen LogP contribution in [0.25, 0.3) is 0 Å². The Kier molecular flexibility index (Phi) is 17.4. The van der Waals surface area contributed by atoms with E-state index in [4.69, 9.17) is 4.74 Å². The van der Waals surface area contributed by atoms with Gasteiger partial charge in [0, 0.05) is 5.57 Å². The quantitative estimate of drug-likeness (QED) is 0.152. The van der Waals surface area contributed by atoms with E-state index >= 15 is 0 Å². The van der Waals surface area contributed by atoms with Crippen LogP contribution < -0.4 is 0 Å². The molecule has 0 radical (unpaired) electrons. The highest BCUT2D eigenvalue weighted by molar-refractivity contribution is 5.89. The first-order chi connectivity index (χ1) is 12.2. The van der Waals surface area contributed by atoms with Crippen molar-refractivity contribution in [1.29, 1.82) is 0 Å². The molecule has 0 saturated heterocycles. The molecule has 0 unspecified atom stereocenters. The molecule has 2 heteroatoms. The largest absolute Gasteiger partial charge is 0.466 e. The average Bonchev–Trinajstić information content (AvgIpc) is 2.62. The van der Waals surface area contributed by atoms with Crippen molar-refractivity contribution in [1.82, 2.24) is 0 Å². The van der Waals surface area contributed by atoms with E-state index < -0.39 is 0 Å². The van der Waals surface area contributed by atoms with E-state index in [9.17, 15) is 4.79 Å². The van der Waals surface area contributed by atoms with Gasteiger partial charge < -0.3 is 4.74 Å². The molecule has 0 atom stereocenters. The van der Waals surface area contributed by atoms with Crippen molar-refractivity contribution in [2.75, 3.05) is 7.11 Å². The Labute approximate surface area is 157 Å². The molecule has 0 N–H and O–H groups in total. The Morgan fingerprint density at radius 2 is 1.08 bits per heavy atom. The van der Waals surface area contributed by atoms with E-state index in [1.165, 1.54) is 103 Å². The summed E-state index contributed by atoms with van der Waals surface area (Å²) in [5.74, 6) is -0.148. The first kappa shape index (κ1) is 24.2. The van der Waals surface area contributed by atoms with Crippen LogP contribution in [-0.2, 0) is 9.53 Å². The summed E-state index contributed by atoms with van der Waals surface area (Å²) < 4.78 is 4.85. The summed E-state index contributed by atoms with van der Waals surface area (Å²) in [7, 11) is 1.47. The second kappa shape index (κ2) is 18.0. The van der Waals surface area contributed by atoms with Gasteiger partial charge in [0.2, 0.25) is 0 Å². The minimum atomic E-state index is -0.148. The third kappa shape index (κ3) is 14.1. The minimum Gasteiger partial charge on any atom is -0.466 e. The van der Waals surface area contributed by atoms with Gasteiger partial charge in [-0.15, -0.1) is 0 Å². The fraction of sp³-hybridized carbons (Fsp3) is 0.870. The molecule has 0 saturated carbocycles. The molecular weight excluding hydrogens is 308 g/mol. The van der Waals surface area contributed by atoms with Crippen LogP contribution in [0.15, 0.2) is 11.1 Å². The van der Waals surface area contributed by atoms with Crippen molar-refractivity contribution in [3.63, 3.8) is 0 Å². The van der Waals surface area contributed by atoms with Gasteiger partial charge >= 0.3 is 5.97 Å². The first-order valence-corrected chi connectivity index (χ1v) is 10.9. The van der Waals surface area contributed by atoms with Gasteiger partial charge in [0.15, 0.2) is 0 Å². The lowest BCUT2D eigenvalue weighted by molar-refractivity contribution is -0.136. The molecule has 0 heterocycles. The van der Waals surface area contributed by atoms with E-state index in [1.54, 1.807) is 0 Å². The number of esters is 1. The van der Waals surface area contributed by atoms with E-state index in [-0.39, 0.29) is 5.97 Å². The molecule has 0 aromatic heterocycles. The first-order valence-electron chi connectivity index (χ1n) is 10.9. The Morgan fingerprint density at radius 3 is 1.44 bits per heavy atom. The normalized spacial score (nSPS) is 12.2. The molecule has 0 rings (SSSR count). The second-order valence-corrected chi connectivity index (χ2v) is 7.45. The van der Waals surface area contributed by atoms with Crippen LogP contribution in [0.2, 0.25) is 0 Å². The smallest absolute Gasteiger partial charge is 0.333 e. The molecule has 0 aliphatic carbocycles. The Hall–Kier alpha value is -0.790. The number of unbranched alkanes of at least 4 members (excludes halogenated alkanes) is 13. The summed E-state index contributed by atoms with van der Waals surface area (Å²) >= 11 is 0. The van der Waals surface area contributed by atoms with Crippen LogP contribution in [0.3, 0.4) is 0 Å². The standard InChI is InChI=1S/C23H44O2/c1-5-7-8-9-10-11-12-13-14-15-16-17-18-19-20-21(3)22(6-2)23(24)25-4/h5-20H2,1-4H3. The van der Waals surface area contributed by atoms with Gasteiger partial charge in [0.05, 0.1) is 7.11 Å². The van der Waals surface area contributed by atoms with Crippen LogP contribution >= 0.6 is 0 Å². The zero-order valence-electron chi connectivity index (χ0n) is 17.6. The van der Waals surface area contributed by atoms with Crippen molar-refractivity contribution in [2.24, 2.45) is 0 Å². The Balaban J connectivity index is 3.44. The lowest BCUT2D eigenvalue weighted by atomic mass is 10.00. The second-order valence-electron chi connectivity index (χ2n) is 7.45. The maximum absolute atomic E-state index is 11.7. The summed E-state index contributed by atoms with van der Waals surface area (Å²) in [5.41, 5.74) is 2.09. The maximum atomic E-state index is 11.7. The summed E-state index contributed by atoms with van der Waals surface area (Å²) in [6.07, 6.45) is 21.2. The number of carbonyl (C=O) groups excluding carboxylic acids is 1. The van der Waals surface area contributed by atoms with Crippen molar-refractivity contribution in [3.8, 4) is 0 Å². The van der Waals surface area contributed by atoms with Gasteiger partial charge in [-0.05, 0) is 26.2 Å². The van der Waals surface area contributed by atoms with Crippen LogP contribution in [0, 0.1) is 0 Å². The topological polar surface area (TPSA) is 26.3 Å². The van der Waals surface area contributed by atoms with Gasteiger partial charge in [-0.3, -0.25) is 0 Å². The zero-order chi connectivity index (χ0) is 18.8. The Bertz CT molecular complexity index is 344. The summed E-state index contributed by atoms with van der Waals surface area (Å²) in [4.78, 5) is 11.7. The van der Waals surface area contributed by atoms with Gasteiger partial charge in [0.1, 0.15) is 0 Å². The number of allylic oxidation sites excluding steroid dienone is 1. The number of carbonyl (C=O) groups is 1. The molecule has 0 fully saturated rings. The molecule has 0 amide bonds. The van der Waals surface area contributed by atoms with Crippen molar-refractivity contribution in [3.05, 3.63) is 11.1 Å². The van der Waals surface area contributed by atoms with Crippen molar-refractivity contribution < 1.29 is 9.53 Å². The van der Waals surface area contributed by atoms with Gasteiger partial charge in [-0.25, -0.2) is 4.79 Å². The molecular formula is C23H44O2. The average molecular weight is 353 g/mol. The van der Waals surface area contributed by atoms with Crippen LogP contribution in [-0.4, -0.2) is 13.1 Å². The monoisotopic (exact) mass is 352 g/mol. The van der Waals surface area contributed by atoms with E-state index in [1.807, 2.05) is 6.92 Å². The third-order valence-corrected chi connectivity index (χ3v) is 5.21. The van der Waals surface area contributed by atoms with E-state index in [2.05, 4.69) is 13.8 Å². The summed E-state index contributed by atoms with van der Waals surface area (Å²) in [5, 5.41) is 0. The zero-order valence-corrected chi connectivity index (χ0v) is 17.6. The maximum Gasteiger partial charge on any atom is 0.333 e. The number of hydrogen-bond donors (Lipinski definition) is 0. The molecule has 25 heavy (non-hydrogen) atoms. The fourth-order valence-electron chi connectivity index (χ4n) is 3.48. The van der Waals surface area contributed by atoms with Gasteiger partial charge in [-0.2, -0.15) is 0 Å². The third-order valence-electron chi connectivity index (χ3n) is 5.21. The predicted molar refractivity (Wildman–Crippen MR) is 110 cm³/mol. The number of hydrogen-bond acceptors (Lipinski definition) is 2. The van der Waals surface area contributed by atoms with Gasteiger partial charge in [0.25, 0.3) is 0 Å². The SMILES string of the molecule is CCCCCCCCCCCCCCCCC(C)=C(CC)C(=O)OC. The minimum absolute atomic E-state index is 0.148. The molecule has 0 aromatic carbocycles. The van der Waals surface area contributed by atoms with Crippen LogP contribution in [0.1, 0.15) is 124 Å². The van der Waals surface area contributed by atoms with Gasteiger partial charge in [-0.1, -0.05) is 103 Å². The Morgan fingerprint density at radius 1 is 0.680 bits per heavy atom.